The number of ether oxygens (including phenoxy) is 1. The molecule has 0 bridgehead atoms. The van der Waals surface area contributed by atoms with Crippen molar-refractivity contribution in [2.45, 2.75) is 41.2 Å². The van der Waals surface area contributed by atoms with Gasteiger partial charge in [-0.3, -0.25) is 0 Å². The van der Waals surface area contributed by atoms with Gasteiger partial charge in [0.25, 0.3) is 0 Å². The zero-order chi connectivity index (χ0) is 7.23. The quantitative estimate of drug-likeness (QED) is 0.701. The van der Waals surface area contributed by atoms with Crippen LogP contribution in [0.25, 0.3) is 0 Å². The largest absolute Gasteiger partial charge is 0.412 e. The number of hydrogen-bond donors (Lipinski definition) is 0. The van der Waals surface area contributed by atoms with Crippen molar-refractivity contribution in [2.75, 3.05) is 6.61 Å². The molecule has 0 saturated carbocycles. The molecule has 1 atom stereocenters. The molecule has 11 heavy (non-hydrogen) atoms. The third-order valence-electron chi connectivity index (χ3n) is 1.93. The van der Waals surface area contributed by atoms with Crippen molar-refractivity contribution in [3.63, 3.8) is 0 Å². The fourth-order valence-electron chi connectivity index (χ4n) is 1.30. The first-order valence-electron chi connectivity index (χ1n) is 4.38. The predicted octanol–water partition coefficient (Wildman–Crippen LogP) is 0.953. The fraction of sp³-hybridized carbons (Fsp3) is 1.00. The van der Waals surface area contributed by atoms with Crippen LogP contribution in [-0.2, 0) is 4.74 Å². The molecule has 1 radical (unpaired) electrons. The Morgan fingerprint density at radius 1 is 1.45 bits per heavy atom. The van der Waals surface area contributed by atoms with Gasteiger partial charge in [0, 0.05) is 0 Å². The maximum absolute atomic E-state index is 5.66. The molecule has 2 nitrogen and oxygen atoms in total. The third kappa shape index (κ3) is 5.04. The standard InChI is InChI=1S/C5H9O.C3H7.H2O.Sn.H/c1-2-4-6-5-3-1;1-3-2;;;/h4H,1-3,5H2;1,3H2,2H3;1H2;;. The van der Waals surface area contributed by atoms with Gasteiger partial charge in [-0.2, -0.15) is 0 Å². The van der Waals surface area contributed by atoms with E-state index < -0.39 is 0 Å². The summed E-state index contributed by atoms with van der Waals surface area (Å²) < 4.78 is 7.99. The van der Waals surface area contributed by atoms with Gasteiger partial charge in [0.15, 0.2) is 0 Å². The van der Waals surface area contributed by atoms with E-state index in [0.29, 0.717) is 0 Å². The van der Waals surface area contributed by atoms with Crippen molar-refractivity contribution in [3.05, 3.63) is 0 Å². The van der Waals surface area contributed by atoms with Crippen LogP contribution in [0.1, 0.15) is 32.6 Å². The Morgan fingerprint density at radius 3 is 2.82 bits per heavy atom. The second-order valence-corrected chi connectivity index (χ2v) is 8.04. The molecule has 2 N–H and O–H groups in total. The molecular formula is C8H19O2Sn. The Labute approximate surface area is 79.2 Å². The summed E-state index contributed by atoms with van der Waals surface area (Å²) in [5, 5.41) is 0. The van der Waals surface area contributed by atoms with Crippen molar-refractivity contribution in [1.29, 1.82) is 0 Å². The molecule has 1 rings (SSSR count). The monoisotopic (exact) mass is 267 g/mol. The minimum Gasteiger partial charge on any atom is -0.412 e. The van der Waals surface area contributed by atoms with E-state index in [0.717, 1.165) is 10.7 Å². The van der Waals surface area contributed by atoms with E-state index in [2.05, 4.69) is 6.92 Å². The second-order valence-electron chi connectivity index (χ2n) is 2.93. The number of hydrogen-bond acceptors (Lipinski definition) is 1. The van der Waals surface area contributed by atoms with Crippen LogP contribution >= 0.6 is 0 Å². The van der Waals surface area contributed by atoms with Crippen LogP contribution in [0, 0.1) is 0 Å². The molecule has 0 aliphatic carbocycles. The molecule has 0 aromatic heterocycles. The van der Waals surface area contributed by atoms with Gasteiger partial charge in [0.05, 0.1) is 0 Å². The van der Waals surface area contributed by atoms with E-state index in [4.69, 9.17) is 4.74 Å². The smallest absolute Gasteiger partial charge is 0.412 e. The van der Waals surface area contributed by atoms with Gasteiger partial charge in [-0.05, 0) is 0 Å². The molecule has 1 heterocycles. The molecule has 67 valence electrons. The van der Waals surface area contributed by atoms with Crippen LogP contribution in [0.3, 0.4) is 0 Å². The van der Waals surface area contributed by atoms with E-state index in [1.54, 1.807) is 0 Å². The van der Waals surface area contributed by atoms with Gasteiger partial charge >= 0.3 is 73.6 Å². The summed E-state index contributed by atoms with van der Waals surface area (Å²) in [4.78, 5) is 0. The van der Waals surface area contributed by atoms with Crippen molar-refractivity contribution >= 4 is 21.1 Å². The van der Waals surface area contributed by atoms with Crippen LogP contribution in [-0.4, -0.2) is 37.3 Å². The normalized spacial score (nSPS) is 24.3. The van der Waals surface area contributed by atoms with E-state index >= 15 is 0 Å². The summed E-state index contributed by atoms with van der Waals surface area (Å²) >= 11 is -0.278. The Kier molecular flexibility index (Phi) is 7.85. The van der Waals surface area contributed by atoms with Crippen LogP contribution in [0.5, 0.6) is 0 Å². The first-order valence-corrected chi connectivity index (χ1v) is 8.61. The molecule has 3 heteroatoms. The molecule has 1 aliphatic heterocycles. The summed E-state index contributed by atoms with van der Waals surface area (Å²) in [6.07, 6.45) is 5.52. The molecule has 1 fully saturated rings. The Hall–Kier alpha value is 0.719. The fourth-order valence-corrected chi connectivity index (χ4v) is 5.44. The first-order chi connectivity index (χ1) is 4.93. The predicted molar refractivity (Wildman–Crippen MR) is 49.5 cm³/mol. The SMILES string of the molecule is CC[CH2][SnH][CH]1CCCCO1.O. The average molecular weight is 266 g/mol. The maximum Gasteiger partial charge on any atom is -0.412 e. The van der Waals surface area contributed by atoms with Gasteiger partial charge in [-0.15, -0.1) is 0 Å². The van der Waals surface area contributed by atoms with Crippen molar-refractivity contribution in [2.24, 2.45) is 0 Å². The Balaban J connectivity index is 0.000001000. The second kappa shape index (κ2) is 7.37. The maximum atomic E-state index is 5.66. The zero-order valence-electron chi connectivity index (χ0n) is 7.31. The molecule has 1 saturated heterocycles. The Morgan fingerprint density at radius 2 is 2.27 bits per heavy atom. The summed E-state index contributed by atoms with van der Waals surface area (Å²) in [7, 11) is 0. The third-order valence-corrected chi connectivity index (χ3v) is 7.53. The van der Waals surface area contributed by atoms with Crippen LogP contribution in [0.4, 0.5) is 0 Å². The molecule has 0 spiro atoms. The molecular weight excluding hydrogens is 247 g/mol. The van der Waals surface area contributed by atoms with Gasteiger partial charge in [0.2, 0.25) is 0 Å². The van der Waals surface area contributed by atoms with E-state index in [1.165, 1.54) is 30.1 Å². The van der Waals surface area contributed by atoms with E-state index in [1.807, 2.05) is 0 Å². The topological polar surface area (TPSA) is 40.7 Å². The molecule has 0 aromatic rings. The van der Waals surface area contributed by atoms with Crippen molar-refractivity contribution in [3.8, 4) is 0 Å². The van der Waals surface area contributed by atoms with Crippen molar-refractivity contribution < 1.29 is 10.2 Å². The molecule has 1 aliphatic rings. The summed E-state index contributed by atoms with van der Waals surface area (Å²) in [6, 6.07) is 0. The minimum absolute atomic E-state index is 0. The van der Waals surface area contributed by atoms with Crippen LogP contribution in [0.2, 0.25) is 4.44 Å². The Bertz CT molecular complexity index is 82.2. The van der Waals surface area contributed by atoms with Gasteiger partial charge in [-0.25, -0.2) is 0 Å². The molecule has 1 unspecified atom stereocenters. The van der Waals surface area contributed by atoms with Gasteiger partial charge in [-0.1, -0.05) is 0 Å². The van der Waals surface area contributed by atoms with Gasteiger partial charge in [0.1, 0.15) is 0 Å². The van der Waals surface area contributed by atoms with E-state index in [9.17, 15) is 0 Å². The van der Waals surface area contributed by atoms with Crippen LogP contribution in [0.15, 0.2) is 0 Å². The first kappa shape index (κ1) is 11.7. The van der Waals surface area contributed by atoms with Crippen LogP contribution < -0.4 is 0 Å². The molecule has 0 aromatic carbocycles. The number of rotatable bonds is 3. The minimum atomic E-state index is -0.278. The average Bonchev–Trinajstić information content (AvgIpc) is 2.03. The summed E-state index contributed by atoms with van der Waals surface area (Å²) in [6.45, 7) is 3.34. The van der Waals surface area contributed by atoms with Crippen molar-refractivity contribution in [1.82, 2.24) is 0 Å². The summed E-state index contributed by atoms with van der Waals surface area (Å²) in [5.74, 6) is 0. The van der Waals surface area contributed by atoms with E-state index in [-0.39, 0.29) is 26.6 Å². The summed E-state index contributed by atoms with van der Waals surface area (Å²) in [5.41, 5.74) is 0. The molecule has 0 amide bonds. The zero-order valence-corrected chi connectivity index (χ0v) is 10.6. The van der Waals surface area contributed by atoms with Gasteiger partial charge < -0.3 is 5.48 Å².